The van der Waals surface area contributed by atoms with Crippen LogP contribution in [0.4, 0.5) is 0 Å². The normalized spacial score (nSPS) is 26.9. The van der Waals surface area contributed by atoms with Gasteiger partial charge in [0.05, 0.1) is 0 Å². The van der Waals surface area contributed by atoms with Crippen LogP contribution in [0.1, 0.15) is 25.7 Å². The lowest BCUT2D eigenvalue weighted by Gasteiger charge is -2.25. The summed E-state index contributed by atoms with van der Waals surface area (Å²) in [5, 5.41) is 3.54. The zero-order valence-electron chi connectivity index (χ0n) is 12.4. The largest absolute Gasteiger partial charge is 0.356 e. The van der Waals surface area contributed by atoms with Crippen molar-refractivity contribution >= 4 is 29.9 Å². The zero-order chi connectivity index (χ0) is 13.1. The maximum atomic E-state index is 4.45. The molecule has 0 radical (unpaired) electrons. The number of likely N-dealkylation sites (tertiary alicyclic amines) is 1. The number of rotatable bonds is 4. The molecule has 0 spiro atoms. The molecule has 2 heterocycles. The number of hydrogen-bond acceptors (Lipinski definition) is 2. The molecule has 0 aromatic carbocycles. The lowest BCUT2D eigenvalue weighted by atomic mass is 10.2. The summed E-state index contributed by atoms with van der Waals surface area (Å²) >= 11 is 0. The Kier molecular flexibility index (Phi) is 6.14. The minimum atomic E-state index is 0. The third kappa shape index (κ3) is 4.10. The van der Waals surface area contributed by atoms with Crippen molar-refractivity contribution in [2.24, 2.45) is 10.9 Å². The van der Waals surface area contributed by atoms with Crippen LogP contribution in [-0.4, -0.2) is 61.6 Å². The highest BCUT2D eigenvalue weighted by Gasteiger charge is 2.29. The van der Waals surface area contributed by atoms with Gasteiger partial charge in [-0.3, -0.25) is 9.89 Å². The summed E-state index contributed by atoms with van der Waals surface area (Å²) in [5.74, 6) is 2.10. The fourth-order valence-electron chi connectivity index (χ4n) is 3.15. The van der Waals surface area contributed by atoms with E-state index in [1.54, 1.807) is 0 Å². The van der Waals surface area contributed by atoms with Crippen LogP contribution in [0.2, 0.25) is 0 Å². The average Bonchev–Trinajstić information content (AvgIpc) is 2.94. The second kappa shape index (κ2) is 7.64. The van der Waals surface area contributed by atoms with E-state index in [4.69, 9.17) is 0 Å². The van der Waals surface area contributed by atoms with Gasteiger partial charge in [0.1, 0.15) is 0 Å². The van der Waals surface area contributed by atoms with E-state index in [-0.39, 0.29) is 24.0 Å². The third-order valence-electron chi connectivity index (χ3n) is 4.57. The lowest BCUT2D eigenvalue weighted by Crippen LogP contribution is -2.43. The first-order valence-electron chi connectivity index (χ1n) is 7.71. The lowest BCUT2D eigenvalue weighted by molar-refractivity contribution is 0.259. The van der Waals surface area contributed by atoms with Crippen molar-refractivity contribution in [1.82, 2.24) is 15.1 Å². The van der Waals surface area contributed by atoms with Gasteiger partial charge in [0, 0.05) is 45.8 Å². The van der Waals surface area contributed by atoms with Gasteiger partial charge in [-0.15, -0.1) is 24.0 Å². The van der Waals surface area contributed by atoms with Crippen molar-refractivity contribution in [2.45, 2.75) is 31.7 Å². The number of halogens is 1. The van der Waals surface area contributed by atoms with Gasteiger partial charge in [0.2, 0.25) is 0 Å². The van der Waals surface area contributed by atoms with Crippen molar-refractivity contribution in [2.75, 3.05) is 39.8 Å². The van der Waals surface area contributed by atoms with Crippen LogP contribution in [0.15, 0.2) is 17.1 Å². The summed E-state index contributed by atoms with van der Waals surface area (Å²) < 4.78 is 0. The molecule has 3 aliphatic rings. The SMILES string of the molecule is CN=C(NCCC1CC1)N1CCC(N2CC=CC2)C1.I. The summed E-state index contributed by atoms with van der Waals surface area (Å²) in [6.07, 6.45) is 10.0. The number of nitrogens with one attached hydrogen (secondary N) is 1. The van der Waals surface area contributed by atoms with Gasteiger partial charge < -0.3 is 10.2 Å². The second-order valence-corrected chi connectivity index (χ2v) is 6.02. The molecule has 0 bridgehead atoms. The minimum absolute atomic E-state index is 0. The van der Waals surface area contributed by atoms with Crippen molar-refractivity contribution in [1.29, 1.82) is 0 Å². The first kappa shape index (κ1) is 16.1. The van der Waals surface area contributed by atoms with E-state index < -0.39 is 0 Å². The van der Waals surface area contributed by atoms with Crippen LogP contribution < -0.4 is 5.32 Å². The number of aliphatic imine (C=N–C) groups is 1. The summed E-state index contributed by atoms with van der Waals surface area (Å²) in [5.41, 5.74) is 0. The van der Waals surface area contributed by atoms with E-state index in [1.165, 1.54) is 25.7 Å². The quantitative estimate of drug-likeness (QED) is 0.345. The van der Waals surface area contributed by atoms with Gasteiger partial charge in [-0.2, -0.15) is 0 Å². The Morgan fingerprint density at radius 2 is 2.00 bits per heavy atom. The van der Waals surface area contributed by atoms with Gasteiger partial charge in [-0.25, -0.2) is 0 Å². The molecule has 1 saturated carbocycles. The van der Waals surface area contributed by atoms with Gasteiger partial charge in [0.15, 0.2) is 5.96 Å². The molecule has 2 aliphatic heterocycles. The molecular weight excluding hydrogens is 363 g/mol. The number of nitrogens with zero attached hydrogens (tertiary/aromatic N) is 3. The molecule has 0 aromatic rings. The molecule has 1 unspecified atom stereocenters. The van der Waals surface area contributed by atoms with Gasteiger partial charge in [-0.05, 0) is 18.8 Å². The Morgan fingerprint density at radius 3 is 2.65 bits per heavy atom. The first-order chi connectivity index (χ1) is 9.36. The van der Waals surface area contributed by atoms with Crippen molar-refractivity contribution < 1.29 is 0 Å². The monoisotopic (exact) mass is 390 g/mol. The Bertz CT molecular complexity index is 357. The van der Waals surface area contributed by atoms with E-state index in [9.17, 15) is 0 Å². The summed E-state index contributed by atoms with van der Waals surface area (Å²) in [6.45, 7) is 5.62. The van der Waals surface area contributed by atoms with Crippen molar-refractivity contribution in [3.05, 3.63) is 12.2 Å². The molecule has 20 heavy (non-hydrogen) atoms. The molecule has 5 heteroatoms. The Labute approximate surface area is 139 Å². The van der Waals surface area contributed by atoms with Gasteiger partial charge in [-0.1, -0.05) is 25.0 Å². The molecule has 1 N–H and O–H groups in total. The molecule has 4 nitrogen and oxygen atoms in total. The maximum absolute atomic E-state index is 4.45. The Balaban J connectivity index is 0.00000147. The van der Waals surface area contributed by atoms with Crippen LogP contribution in [0.25, 0.3) is 0 Å². The van der Waals surface area contributed by atoms with Crippen molar-refractivity contribution in [3.8, 4) is 0 Å². The number of guanidine groups is 1. The van der Waals surface area contributed by atoms with Gasteiger partial charge >= 0.3 is 0 Å². The van der Waals surface area contributed by atoms with Crippen LogP contribution >= 0.6 is 24.0 Å². The fraction of sp³-hybridized carbons (Fsp3) is 0.800. The Morgan fingerprint density at radius 1 is 1.25 bits per heavy atom. The van der Waals surface area contributed by atoms with Crippen LogP contribution in [0.5, 0.6) is 0 Å². The highest BCUT2D eigenvalue weighted by molar-refractivity contribution is 14.0. The average molecular weight is 390 g/mol. The highest BCUT2D eigenvalue weighted by atomic mass is 127. The summed E-state index contributed by atoms with van der Waals surface area (Å²) in [4.78, 5) is 9.44. The summed E-state index contributed by atoms with van der Waals surface area (Å²) in [7, 11) is 1.91. The third-order valence-corrected chi connectivity index (χ3v) is 4.57. The van der Waals surface area contributed by atoms with E-state index in [0.717, 1.165) is 44.6 Å². The van der Waals surface area contributed by atoms with Crippen LogP contribution in [0, 0.1) is 5.92 Å². The van der Waals surface area contributed by atoms with Crippen LogP contribution in [-0.2, 0) is 0 Å². The van der Waals surface area contributed by atoms with Crippen molar-refractivity contribution in [3.63, 3.8) is 0 Å². The molecule has 1 saturated heterocycles. The summed E-state index contributed by atoms with van der Waals surface area (Å²) in [6, 6.07) is 0.706. The van der Waals surface area contributed by atoms with E-state index >= 15 is 0 Å². The molecule has 0 amide bonds. The molecule has 2 fully saturated rings. The highest BCUT2D eigenvalue weighted by Crippen LogP contribution is 2.31. The minimum Gasteiger partial charge on any atom is -0.356 e. The zero-order valence-corrected chi connectivity index (χ0v) is 14.8. The standard InChI is InChI=1S/C15H26N4.HI/c1-16-15(17-8-6-13-4-5-13)19-11-7-14(12-19)18-9-2-3-10-18;/h2-3,13-14H,4-12H2,1H3,(H,16,17);1H. The van der Waals surface area contributed by atoms with E-state index in [2.05, 4.69) is 32.3 Å². The predicted molar refractivity (Wildman–Crippen MR) is 94.8 cm³/mol. The number of hydrogen-bond donors (Lipinski definition) is 1. The first-order valence-corrected chi connectivity index (χ1v) is 7.71. The smallest absolute Gasteiger partial charge is 0.193 e. The topological polar surface area (TPSA) is 30.9 Å². The predicted octanol–water partition coefficient (Wildman–Crippen LogP) is 1.93. The van der Waals surface area contributed by atoms with E-state index in [1.807, 2.05) is 7.05 Å². The van der Waals surface area contributed by atoms with Crippen LogP contribution in [0.3, 0.4) is 0 Å². The Hall–Kier alpha value is -0.300. The maximum Gasteiger partial charge on any atom is 0.193 e. The molecule has 1 atom stereocenters. The molecule has 1 aliphatic carbocycles. The molecule has 3 rings (SSSR count). The molecular formula is C15H27IN4. The molecule has 0 aromatic heterocycles. The van der Waals surface area contributed by atoms with Gasteiger partial charge in [0.25, 0.3) is 0 Å². The second-order valence-electron chi connectivity index (χ2n) is 6.02. The fourth-order valence-corrected chi connectivity index (χ4v) is 3.15. The molecule has 114 valence electrons. The van der Waals surface area contributed by atoms with E-state index in [0.29, 0.717) is 6.04 Å².